The first-order valence-electron chi connectivity index (χ1n) is 9.40. The van der Waals surface area contributed by atoms with Crippen molar-refractivity contribution in [2.75, 3.05) is 6.61 Å². The Labute approximate surface area is 148 Å². The molecule has 0 saturated heterocycles. The van der Waals surface area contributed by atoms with Crippen LogP contribution < -0.4 is 5.32 Å². The average molecular weight is 344 g/mol. The predicted molar refractivity (Wildman–Crippen MR) is 97.4 cm³/mol. The van der Waals surface area contributed by atoms with Crippen LogP contribution in [-0.4, -0.2) is 28.6 Å². The highest BCUT2D eigenvalue weighted by Crippen LogP contribution is 2.34. The van der Waals surface area contributed by atoms with E-state index in [1.165, 1.54) is 6.42 Å². The van der Waals surface area contributed by atoms with Gasteiger partial charge in [-0.1, -0.05) is 32.3 Å². The van der Waals surface area contributed by atoms with Crippen LogP contribution >= 0.6 is 0 Å². The quantitative estimate of drug-likeness (QED) is 0.835. The molecule has 1 amide bonds. The van der Waals surface area contributed by atoms with E-state index in [1.54, 1.807) is 13.0 Å². The Morgan fingerprint density at radius 3 is 3.04 bits per heavy atom. The highest BCUT2D eigenvalue weighted by molar-refractivity contribution is 6.04. The van der Waals surface area contributed by atoms with Crippen LogP contribution in [0.15, 0.2) is 22.6 Å². The number of aromatic nitrogens is 1. The van der Waals surface area contributed by atoms with Crippen molar-refractivity contribution >= 4 is 17.0 Å². The highest BCUT2D eigenvalue weighted by atomic mass is 16.3. The van der Waals surface area contributed by atoms with Crippen LogP contribution in [0.5, 0.6) is 0 Å². The molecule has 5 nitrogen and oxygen atoms in total. The molecule has 1 saturated carbocycles. The number of hydrogen-bond donors (Lipinski definition) is 2. The molecule has 5 heteroatoms. The summed E-state index contributed by atoms with van der Waals surface area (Å²) in [6.45, 7) is 4.23. The molecule has 0 radical (unpaired) electrons. The van der Waals surface area contributed by atoms with E-state index in [4.69, 9.17) is 4.42 Å². The van der Waals surface area contributed by atoms with Gasteiger partial charge in [0.25, 0.3) is 5.91 Å². The second-order valence-corrected chi connectivity index (χ2v) is 7.16. The maximum absolute atomic E-state index is 12.8. The molecule has 0 bridgehead atoms. The molecule has 0 spiro atoms. The van der Waals surface area contributed by atoms with Gasteiger partial charge in [0.05, 0.1) is 5.56 Å². The van der Waals surface area contributed by atoms with Gasteiger partial charge in [0.1, 0.15) is 5.52 Å². The van der Waals surface area contributed by atoms with Crippen LogP contribution in [0.1, 0.15) is 61.7 Å². The van der Waals surface area contributed by atoms with E-state index in [1.807, 2.05) is 12.1 Å². The Morgan fingerprint density at radius 1 is 1.44 bits per heavy atom. The van der Waals surface area contributed by atoms with Crippen molar-refractivity contribution in [1.29, 1.82) is 0 Å². The molecule has 1 aromatic heterocycles. The molecule has 1 heterocycles. The molecule has 1 aliphatic carbocycles. The van der Waals surface area contributed by atoms with Gasteiger partial charge in [-0.15, -0.1) is 0 Å². The van der Waals surface area contributed by atoms with E-state index in [-0.39, 0.29) is 18.6 Å². The molecule has 25 heavy (non-hydrogen) atoms. The molecule has 1 aliphatic rings. The van der Waals surface area contributed by atoms with E-state index >= 15 is 0 Å². The number of aliphatic hydroxyl groups excluding tert-OH is 1. The molecular weight excluding hydrogens is 316 g/mol. The number of oxazole rings is 1. The van der Waals surface area contributed by atoms with Crippen LogP contribution in [0.4, 0.5) is 0 Å². The SMILES string of the molecule is CCC(CCO)C1CCC[C@@H](NC(=O)c2cccc3oc(C)nc23)C1. The van der Waals surface area contributed by atoms with Crippen LogP contribution in [0.25, 0.3) is 11.1 Å². The number of fused-ring (bicyclic) bond motifs is 1. The van der Waals surface area contributed by atoms with Gasteiger partial charge in [0.2, 0.25) is 0 Å². The van der Waals surface area contributed by atoms with Crippen molar-refractivity contribution in [3.63, 3.8) is 0 Å². The van der Waals surface area contributed by atoms with Gasteiger partial charge in [-0.3, -0.25) is 4.79 Å². The summed E-state index contributed by atoms with van der Waals surface area (Å²) in [5.41, 5.74) is 1.87. The number of rotatable bonds is 6. The van der Waals surface area contributed by atoms with Gasteiger partial charge < -0.3 is 14.8 Å². The number of aryl methyl sites for hydroxylation is 1. The largest absolute Gasteiger partial charge is 0.441 e. The molecule has 1 aromatic carbocycles. The maximum Gasteiger partial charge on any atom is 0.253 e. The summed E-state index contributed by atoms with van der Waals surface area (Å²) in [4.78, 5) is 17.1. The van der Waals surface area contributed by atoms with E-state index in [9.17, 15) is 9.90 Å². The van der Waals surface area contributed by atoms with Crippen LogP contribution in [0, 0.1) is 18.8 Å². The number of para-hydroxylation sites is 1. The van der Waals surface area contributed by atoms with Crippen LogP contribution in [0.3, 0.4) is 0 Å². The minimum atomic E-state index is -0.0697. The molecule has 136 valence electrons. The lowest BCUT2D eigenvalue weighted by Gasteiger charge is -2.34. The first-order valence-corrected chi connectivity index (χ1v) is 9.40. The van der Waals surface area contributed by atoms with Crippen molar-refractivity contribution in [1.82, 2.24) is 10.3 Å². The zero-order valence-electron chi connectivity index (χ0n) is 15.1. The van der Waals surface area contributed by atoms with E-state index in [2.05, 4.69) is 17.2 Å². The molecule has 3 rings (SSSR count). The first kappa shape index (κ1) is 17.9. The fraction of sp³-hybridized carbons (Fsp3) is 0.600. The topological polar surface area (TPSA) is 75.4 Å². The minimum Gasteiger partial charge on any atom is -0.441 e. The number of hydrogen-bond acceptors (Lipinski definition) is 4. The van der Waals surface area contributed by atoms with E-state index in [0.717, 1.165) is 32.1 Å². The van der Waals surface area contributed by atoms with Gasteiger partial charge >= 0.3 is 0 Å². The second-order valence-electron chi connectivity index (χ2n) is 7.16. The van der Waals surface area contributed by atoms with Crippen LogP contribution in [0.2, 0.25) is 0 Å². The Morgan fingerprint density at radius 2 is 2.28 bits per heavy atom. The number of carbonyl (C=O) groups is 1. The van der Waals surface area contributed by atoms with E-state index in [0.29, 0.717) is 34.4 Å². The van der Waals surface area contributed by atoms with Gasteiger partial charge in [-0.25, -0.2) is 4.98 Å². The van der Waals surface area contributed by atoms with Gasteiger partial charge in [0, 0.05) is 19.6 Å². The summed E-state index contributed by atoms with van der Waals surface area (Å²) in [6.07, 6.45) is 6.29. The van der Waals surface area contributed by atoms with Crippen molar-refractivity contribution in [3.05, 3.63) is 29.7 Å². The number of amides is 1. The predicted octanol–water partition coefficient (Wildman–Crippen LogP) is 3.83. The lowest BCUT2D eigenvalue weighted by Crippen LogP contribution is -2.40. The average Bonchev–Trinajstić information content (AvgIpc) is 2.99. The number of benzene rings is 1. The summed E-state index contributed by atoms with van der Waals surface area (Å²) in [7, 11) is 0. The third-order valence-electron chi connectivity index (χ3n) is 5.51. The van der Waals surface area contributed by atoms with Crippen molar-refractivity contribution in [2.45, 2.75) is 58.4 Å². The molecule has 1 fully saturated rings. The normalized spacial score (nSPS) is 22.0. The third kappa shape index (κ3) is 4.03. The fourth-order valence-electron chi connectivity index (χ4n) is 4.23. The lowest BCUT2D eigenvalue weighted by molar-refractivity contribution is 0.0904. The Bertz CT molecular complexity index is 725. The molecule has 2 aromatic rings. The number of nitrogens with one attached hydrogen (secondary N) is 1. The first-order chi connectivity index (χ1) is 12.1. The Kier molecular flexibility index (Phi) is 5.74. The molecule has 0 aliphatic heterocycles. The third-order valence-corrected chi connectivity index (χ3v) is 5.51. The molecule has 3 atom stereocenters. The van der Waals surface area contributed by atoms with Gasteiger partial charge in [-0.2, -0.15) is 0 Å². The monoisotopic (exact) mass is 344 g/mol. The highest BCUT2D eigenvalue weighted by Gasteiger charge is 2.28. The Hall–Kier alpha value is -1.88. The summed E-state index contributed by atoms with van der Waals surface area (Å²) in [5, 5.41) is 12.5. The lowest BCUT2D eigenvalue weighted by atomic mass is 9.75. The van der Waals surface area contributed by atoms with Gasteiger partial charge in [-0.05, 0) is 43.2 Å². The summed E-state index contributed by atoms with van der Waals surface area (Å²) in [5.74, 6) is 1.63. The van der Waals surface area contributed by atoms with Gasteiger partial charge in [0.15, 0.2) is 11.5 Å². The van der Waals surface area contributed by atoms with E-state index < -0.39 is 0 Å². The van der Waals surface area contributed by atoms with Crippen molar-refractivity contribution in [2.24, 2.45) is 11.8 Å². The second kappa shape index (κ2) is 8.00. The maximum atomic E-state index is 12.8. The zero-order chi connectivity index (χ0) is 17.8. The number of nitrogens with zero attached hydrogens (tertiary/aromatic N) is 1. The summed E-state index contributed by atoms with van der Waals surface area (Å²) < 4.78 is 5.52. The molecule has 2 N–H and O–H groups in total. The summed E-state index contributed by atoms with van der Waals surface area (Å²) in [6, 6.07) is 5.67. The standard InChI is InChI=1S/C20H28N2O3/c1-3-14(10-11-23)15-6-4-7-16(12-15)22-20(24)17-8-5-9-18-19(17)21-13(2)25-18/h5,8-9,14-16,23H,3-4,6-7,10-12H2,1-2H3,(H,22,24)/t14?,15?,16-/m1/s1. The number of carbonyl (C=O) groups excluding carboxylic acids is 1. The molecule has 2 unspecified atom stereocenters. The van der Waals surface area contributed by atoms with Crippen molar-refractivity contribution in [3.8, 4) is 0 Å². The minimum absolute atomic E-state index is 0.0697. The number of aliphatic hydroxyl groups is 1. The summed E-state index contributed by atoms with van der Waals surface area (Å²) >= 11 is 0. The Balaban J connectivity index is 1.69. The fourth-order valence-corrected chi connectivity index (χ4v) is 4.23. The molecular formula is C20H28N2O3. The van der Waals surface area contributed by atoms with Crippen molar-refractivity contribution < 1.29 is 14.3 Å². The smallest absolute Gasteiger partial charge is 0.253 e. The van der Waals surface area contributed by atoms with Crippen LogP contribution in [-0.2, 0) is 0 Å². The zero-order valence-corrected chi connectivity index (χ0v) is 15.1.